The molecule has 0 fully saturated rings. The highest BCUT2D eigenvalue weighted by molar-refractivity contribution is 5.95. The molecule has 0 saturated heterocycles. The van der Waals surface area contributed by atoms with Crippen LogP contribution in [0, 0.1) is 0 Å². The number of amides is 1. The van der Waals surface area contributed by atoms with Crippen molar-refractivity contribution >= 4 is 18.3 Å². The van der Waals surface area contributed by atoms with Gasteiger partial charge in [0.1, 0.15) is 0 Å². The Hall–Kier alpha value is -1.48. The minimum atomic E-state index is -5.00. The Morgan fingerprint density at radius 1 is 1.00 bits per heavy atom. The van der Waals surface area contributed by atoms with Gasteiger partial charge < -0.3 is 11.1 Å². The number of rotatable bonds is 3. The molecule has 0 aliphatic carbocycles. The molecular formula is C13H15ClF6N2O. The molecule has 3 nitrogen and oxygen atoms in total. The van der Waals surface area contributed by atoms with Crippen LogP contribution in [0.5, 0.6) is 0 Å². The lowest BCUT2D eigenvalue weighted by atomic mass is 10.0. The molecule has 0 bridgehead atoms. The zero-order chi connectivity index (χ0) is 17.3. The molecule has 1 aromatic carbocycles. The van der Waals surface area contributed by atoms with Crippen LogP contribution in [0.3, 0.4) is 0 Å². The summed E-state index contributed by atoms with van der Waals surface area (Å²) >= 11 is 0. The molecule has 1 amide bonds. The van der Waals surface area contributed by atoms with E-state index in [2.05, 4.69) is 5.32 Å². The monoisotopic (exact) mass is 364 g/mol. The van der Waals surface area contributed by atoms with Crippen LogP contribution in [-0.4, -0.2) is 18.0 Å². The summed E-state index contributed by atoms with van der Waals surface area (Å²) in [6, 6.07) is 0.708. The van der Waals surface area contributed by atoms with Gasteiger partial charge in [0.25, 0.3) is 5.91 Å². The van der Waals surface area contributed by atoms with Gasteiger partial charge in [-0.15, -0.1) is 12.4 Å². The second-order valence-corrected chi connectivity index (χ2v) is 5.34. The van der Waals surface area contributed by atoms with Crippen LogP contribution in [0.1, 0.15) is 35.3 Å². The van der Waals surface area contributed by atoms with Crippen molar-refractivity contribution in [3.05, 3.63) is 34.9 Å². The van der Waals surface area contributed by atoms with Gasteiger partial charge >= 0.3 is 12.4 Å². The maximum Gasteiger partial charge on any atom is 0.416 e. The average Bonchev–Trinajstić information content (AvgIpc) is 2.35. The molecule has 10 heteroatoms. The maximum atomic E-state index is 12.7. The van der Waals surface area contributed by atoms with Crippen molar-refractivity contribution in [3.63, 3.8) is 0 Å². The van der Waals surface area contributed by atoms with Gasteiger partial charge in [0, 0.05) is 17.6 Å². The highest BCUT2D eigenvalue weighted by Gasteiger charge is 2.37. The molecule has 132 valence electrons. The van der Waals surface area contributed by atoms with Gasteiger partial charge in [-0.1, -0.05) is 0 Å². The van der Waals surface area contributed by atoms with E-state index >= 15 is 0 Å². The average molecular weight is 365 g/mol. The summed E-state index contributed by atoms with van der Waals surface area (Å²) in [6.45, 7) is 2.94. The van der Waals surface area contributed by atoms with Gasteiger partial charge in [0.05, 0.1) is 11.1 Å². The minimum Gasteiger partial charge on any atom is -0.346 e. The predicted octanol–water partition coefficient (Wildman–Crippen LogP) is 3.61. The first-order chi connectivity index (χ1) is 9.76. The van der Waals surface area contributed by atoms with Crippen LogP contribution in [0.25, 0.3) is 0 Å². The van der Waals surface area contributed by atoms with Crippen LogP contribution >= 0.6 is 12.4 Å². The fourth-order valence-electron chi connectivity index (χ4n) is 1.52. The molecule has 0 spiro atoms. The lowest BCUT2D eigenvalue weighted by Crippen LogP contribution is -2.48. The number of hydrogen-bond acceptors (Lipinski definition) is 2. The summed E-state index contributed by atoms with van der Waals surface area (Å²) in [5, 5.41) is 2.28. The van der Waals surface area contributed by atoms with Crippen LogP contribution in [0.2, 0.25) is 0 Å². The molecule has 3 N–H and O–H groups in total. The number of carbonyl (C=O) groups is 1. The Bertz CT molecular complexity index is 536. The largest absolute Gasteiger partial charge is 0.416 e. The van der Waals surface area contributed by atoms with Crippen LogP contribution < -0.4 is 11.1 Å². The van der Waals surface area contributed by atoms with Crippen LogP contribution in [0.15, 0.2) is 18.2 Å². The standard InChI is InChI=1S/C13H14F6N2O.ClH/c1-11(2,6-20)21-10(22)7-3-8(12(14,15)16)5-9(4-7)13(17,18)19;/h3-5H,6,20H2,1-2H3,(H,21,22);1H. The molecule has 1 aromatic rings. The van der Waals surface area contributed by atoms with E-state index in [-0.39, 0.29) is 25.0 Å². The zero-order valence-electron chi connectivity index (χ0n) is 12.1. The SMILES string of the molecule is CC(C)(CN)NC(=O)c1cc(C(F)(F)F)cc(C(F)(F)F)c1.Cl. The third kappa shape index (κ3) is 5.91. The molecule has 23 heavy (non-hydrogen) atoms. The Labute approximate surface area is 134 Å². The van der Waals surface area contributed by atoms with Gasteiger partial charge in [0.2, 0.25) is 0 Å². The molecule has 0 aliphatic rings. The smallest absolute Gasteiger partial charge is 0.346 e. The van der Waals surface area contributed by atoms with Crippen LogP contribution in [0.4, 0.5) is 26.3 Å². The van der Waals surface area contributed by atoms with Crippen molar-refractivity contribution in [3.8, 4) is 0 Å². The summed E-state index contributed by atoms with van der Waals surface area (Å²) in [5.74, 6) is -1.06. The van der Waals surface area contributed by atoms with Crippen molar-refractivity contribution in [2.45, 2.75) is 31.7 Å². The first kappa shape index (κ1) is 21.5. The van der Waals surface area contributed by atoms with E-state index in [1.54, 1.807) is 0 Å². The Balaban J connectivity index is 0.00000484. The summed E-state index contributed by atoms with van der Waals surface area (Å²) in [7, 11) is 0. The lowest BCUT2D eigenvalue weighted by molar-refractivity contribution is -0.143. The molecule has 0 radical (unpaired) electrons. The third-order valence-corrected chi connectivity index (χ3v) is 2.81. The predicted molar refractivity (Wildman–Crippen MR) is 74.3 cm³/mol. The molecule has 1 rings (SSSR count). The lowest BCUT2D eigenvalue weighted by Gasteiger charge is -2.24. The fraction of sp³-hybridized carbons (Fsp3) is 0.462. The van der Waals surface area contributed by atoms with Crippen molar-refractivity contribution in [1.29, 1.82) is 0 Å². The summed E-state index contributed by atoms with van der Waals surface area (Å²) in [6.07, 6.45) is -10.0. The number of hydrogen-bond donors (Lipinski definition) is 2. The normalized spacial score (nSPS) is 12.6. The summed E-state index contributed by atoms with van der Waals surface area (Å²) in [5.41, 5.74) is 0.568. The first-order valence-corrected chi connectivity index (χ1v) is 6.08. The number of nitrogens with two attached hydrogens (primary N) is 1. The van der Waals surface area contributed by atoms with Crippen LogP contribution in [-0.2, 0) is 12.4 Å². The van der Waals surface area contributed by atoms with Crippen molar-refractivity contribution in [2.24, 2.45) is 5.73 Å². The summed E-state index contributed by atoms with van der Waals surface area (Å²) in [4.78, 5) is 11.9. The molecule has 0 aromatic heterocycles. The van der Waals surface area contributed by atoms with E-state index in [1.807, 2.05) is 0 Å². The van der Waals surface area contributed by atoms with E-state index < -0.39 is 40.5 Å². The topological polar surface area (TPSA) is 55.1 Å². The van der Waals surface area contributed by atoms with Gasteiger partial charge in [-0.25, -0.2) is 0 Å². The Kier molecular flexibility index (Phi) is 6.51. The van der Waals surface area contributed by atoms with Crippen molar-refractivity contribution < 1.29 is 31.1 Å². The van der Waals surface area contributed by atoms with E-state index in [0.29, 0.717) is 12.1 Å². The third-order valence-electron chi connectivity index (χ3n) is 2.81. The second kappa shape index (κ2) is 6.96. The number of alkyl halides is 6. The van der Waals surface area contributed by atoms with E-state index in [4.69, 9.17) is 5.73 Å². The number of carbonyl (C=O) groups excluding carboxylic acids is 1. The minimum absolute atomic E-state index is 0. The van der Waals surface area contributed by atoms with Crippen molar-refractivity contribution in [1.82, 2.24) is 5.32 Å². The van der Waals surface area contributed by atoms with Gasteiger partial charge in [0.15, 0.2) is 0 Å². The highest BCUT2D eigenvalue weighted by Crippen LogP contribution is 2.36. The maximum absolute atomic E-state index is 12.7. The quantitative estimate of drug-likeness (QED) is 0.805. The van der Waals surface area contributed by atoms with Crippen molar-refractivity contribution in [2.75, 3.05) is 6.54 Å². The number of nitrogens with one attached hydrogen (secondary N) is 1. The van der Waals surface area contributed by atoms with Gasteiger partial charge in [-0.3, -0.25) is 4.79 Å². The molecule has 0 unspecified atom stereocenters. The Morgan fingerprint density at radius 2 is 1.39 bits per heavy atom. The van der Waals surface area contributed by atoms with Gasteiger partial charge in [-0.05, 0) is 32.0 Å². The number of halogens is 7. The van der Waals surface area contributed by atoms with E-state index in [9.17, 15) is 31.1 Å². The van der Waals surface area contributed by atoms with E-state index in [1.165, 1.54) is 13.8 Å². The fourth-order valence-corrected chi connectivity index (χ4v) is 1.52. The highest BCUT2D eigenvalue weighted by atomic mass is 35.5. The molecule has 0 atom stereocenters. The summed E-state index contributed by atoms with van der Waals surface area (Å²) < 4.78 is 76.1. The molecule has 0 saturated carbocycles. The second-order valence-electron chi connectivity index (χ2n) is 5.34. The Morgan fingerprint density at radius 3 is 1.70 bits per heavy atom. The number of benzene rings is 1. The molecule has 0 heterocycles. The molecular weight excluding hydrogens is 350 g/mol. The van der Waals surface area contributed by atoms with Gasteiger partial charge in [-0.2, -0.15) is 26.3 Å². The van der Waals surface area contributed by atoms with E-state index in [0.717, 1.165) is 0 Å². The molecule has 0 aliphatic heterocycles. The first-order valence-electron chi connectivity index (χ1n) is 6.08. The zero-order valence-corrected chi connectivity index (χ0v) is 12.9.